The van der Waals surface area contributed by atoms with Crippen molar-refractivity contribution in [1.82, 2.24) is 9.80 Å². The molecule has 188 valence electrons. The molecule has 1 saturated heterocycles. The van der Waals surface area contributed by atoms with Crippen molar-refractivity contribution in [3.63, 3.8) is 0 Å². The minimum absolute atomic E-state index is 0.00267. The number of carbonyl (C=O) groups excluding carboxylic acids is 1. The first-order valence-corrected chi connectivity index (χ1v) is 13.4. The summed E-state index contributed by atoms with van der Waals surface area (Å²) in [5.41, 5.74) is 0.408. The Morgan fingerprint density at radius 2 is 1.91 bits per heavy atom. The lowest BCUT2D eigenvalue weighted by atomic mass is 9.55. The fourth-order valence-electron chi connectivity index (χ4n) is 6.34. The van der Waals surface area contributed by atoms with Crippen LogP contribution in [-0.4, -0.2) is 64.2 Å². The van der Waals surface area contributed by atoms with Gasteiger partial charge < -0.3 is 20.0 Å². The molecular formula is C28H34Cl2N2O3. The summed E-state index contributed by atoms with van der Waals surface area (Å²) in [5.74, 6) is 1.01. The molecule has 2 aliphatic carbocycles. The lowest BCUT2D eigenvalue weighted by Gasteiger charge is -2.59. The Labute approximate surface area is 217 Å². The molecule has 1 aliphatic heterocycles. The van der Waals surface area contributed by atoms with Gasteiger partial charge in [-0.2, -0.15) is 0 Å². The second kappa shape index (κ2) is 9.59. The summed E-state index contributed by atoms with van der Waals surface area (Å²) in [4.78, 5) is 17.5. The van der Waals surface area contributed by atoms with E-state index in [9.17, 15) is 15.0 Å². The van der Waals surface area contributed by atoms with Gasteiger partial charge in [-0.25, -0.2) is 0 Å². The number of hydrogen-bond donors (Lipinski definition) is 2. The maximum atomic E-state index is 13.3. The second-order valence-electron chi connectivity index (χ2n) is 10.9. The van der Waals surface area contributed by atoms with Gasteiger partial charge in [0.1, 0.15) is 5.75 Å². The number of piperidine rings is 1. The number of carbonyl (C=O) groups is 1. The van der Waals surface area contributed by atoms with Crippen LogP contribution in [0.1, 0.15) is 49.7 Å². The molecule has 0 spiro atoms. The molecular weight excluding hydrogens is 483 g/mol. The Morgan fingerprint density at radius 3 is 2.63 bits per heavy atom. The van der Waals surface area contributed by atoms with Crippen LogP contribution in [0.25, 0.3) is 0 Å². The zero-order chi connectivity index (χ0) is 24.8. The topological polar surface area (TPSA) is 64.0 Å². The average Bonchev–Trinajstić information content (AvgIpc) is 3.64. The van der Waals surface area contributed by atoms with Gasteiger partial charge in [0, 0.05) is 31.6 Å². The first-order valence-electron chi connectivity index (χ1n) is 12.6. The molecule has 3 aliphatic rings. The standard InChI is InChI=1S/C28H34Cl2N2O3/c1-31(26(34)14-20-7-8-24(29)25(30)13-20)22-9-10-28(35)18-32(17-19-5-6-19)12-11-27(28,16-22)21-3-2-4-23(33)15-21/h2-4,7-8,13,15,19,22,33,35H,5-6,9-12,14,16-18H2,1H3/t22-,27+,28+/m1/s1. The van der Waals surface area contributed by atoms with E-state index in [1.54, 1.807) is 24.3 Å². The Bertz CT molecular complexity index is 1110. The van der Waals surface area contributed by atoms with Gasteiger partial charge in [0.15, 0.2) is 0 Å². The number of amides is 1. The van der Waals surface area contributed by atoms with E-state index in [4.69, 9.17) is 23.2 Å². The highest BCUT2D eigenvalue weighted by molar-refractivity contribution is 6.42. The largest absolute Gasteiger partial charge is 0.508 e. The fraction of sp³-hybridized carbons (Fsp3) is 0.536. The van der Waals surface area contributed by atoms with E-state index in [1.807, 2.05) is 30.1 Å². The van der Waals surface area contributed by atoms with Crippen LogP contribution < -0.4 is 0 Å². The van der Waals surface area contributed by atoms with E-state index in [0.717, 1.165) is 43.0 Å². The number of aliphatic hydroxyl groups is 1. The number of likely N-dealkylation sites (N-methyl/N-ethyl adjacent to an activating group) is 1. The van der Waals surface area contributed by atoms with E-state index in [2.05, 4.69) is 4.90 Å². The summed E-state index contributed by atoms with van der Waals surface area (Å²) in [6, 6.07) is 12.7. The average molecular weight is 517 g/mol. The van der Waals surface area contributed by atoms with Crippen molar-refractivity contribution < 1.29 is 15.0 Å². The maximum absolute atomic E-state index is 13.3. The Hall–Kier alpha value is -1.79. The van der Waals surface area contributed by atoms with Crippen LogP contribution in [-0.2, 0) is 16.6 Å². The molecule has 1 amide bonds. The van der Waals surface area contributed by atoms with Gasteiger partial charge in [0.05, 0.1) is 22.1 Å². The molecule has 0 aromatic heterocycles. The smallest absolute Gasteiger partial charge is 0.226 e. The van der Waals surface area contributed by atoms with Crippen LogP contribution in [0.15, 0.2) is 42.5 Å². The maximum Gasteiger partial charge on any atom is 0.226 e. The van der Waals surface area contributed by atoms with Gasteiger partial charge in [0.25, 0.3) is 0 Å². The summed E-state index contributed by atoms with van der Waals surface area (Å²) in [7, 11) is 1.87. The van der Waals surface area contributed by atoms with E-state index >= 15 is 0 Å². The first kappa shape index (κ1) is 24.9. The van der Waals surface area contributed by atoms with E-state index in [-0.39, 0.29) is 24.1 Å². The van der Waals surface area contributed by atoms with Crippen molar-refractivity contribution in [2.75, 3.05) is 26.7 Å². The zero-order valence-corrected chi connectivity index (χ0v) is 21.7. The van der Waals surface area contributed by atoms with Crippen LogP contribution in [0.3, 0.4) is 0 Å². The highest BCUT2D eigenvalue weighted by Gasteiger charge is 2.58. The number of benzene rings is 2. The normalized spacial score (nSPS) is 29.0. The summed E-state index contributed by atoms with van der Waals surface area (Å²) in [5, 5.41) is 23.4. The molecule has 7 heteroatoms. The third kappa shape index (κ3) is 4.93. The van der Waals surface area contributed by atoms with Gasteiger partial charge >= 0.3 is 0 Å². The number of phenols is 1. The number of halogens is 2. The van der Waals surface area contributed by atoms with Crippen LogP contribution in [0.5, 0.6) is 5.75 Å². The number of likely N-dealkylation sites (tertiary alicyclic amines) is 1. The minimum Gasteiger partial charge on any atom is -0.508 e. The predicted octanol–water partition coefficient (Wildman–Crippen LogP) is 5.04. The zero-order valence-electron chi connectivity index (χ0n) is 20.2. The van der Waals surface area contributed by atoms with Crippen molar-refractivity contribution in [2.24, 2.45) is 5.92 Å². The second-order valence-corrected chi connectivity index (χ2v) is 11.7. The number of phenolic OH excluding ortho intramolecular Hbond substituents is 1. The predicted molar refractivity (Wildman–Crippen MR) is 139 cm³/mol. The Balaban J connectivity index is 1.39. The van der Waals surface area contributed by atoms with Crippen molar-refractivity contribution in [3.05, 3.63) is 63.6 Å². The molecule has 0 radical (unpaired) electrons. The molecule has 1 heterocycles. The summed E-state index contributed by atoms with van der Waals surface area (Å²) >= 11 is 12.2. The molecule has 5 rings (SSSR count). The Kier molecular flexibility index (Phi) is 6.82. The van der Waals surface area contributed by atoms with Crippen molar-refractivity contribution >= 4 is 29.1 Å². The van der Waals surface area contributed by atoms with Crippen molar-refractivity contribution in [3.8, 4) is 5.75 Å². The number of aromatic hydroxyl groups is 1. The SMILES string of the molecule is CN(C(=O)Cc1ccc(Cl)c(Cl)c1)[C@@H]1CC[C@]2(O)CN(CC3CC3)CC[C@@]2(c2cccc(O)c2)C1. The molecule has 2 aromatic carbocycles. The van der Waals surface area contributed by atoms with E-state index in [1.165, 1.54) is 12.8 Å². The summed E-state index contributed by atoms with van der Waals surface area (Å²) in [6.45, 7) is 2.62. The number of fused-ring (bicyclic) bond motifs is 1. The van der Waals surface area contributed by atoms with Crippen LogP contribution in [0, 0.1) is 5.92 Å². The molecule has 0 bridgehead atoms. The number of hydrogen-bond acceptors (Lipinski definition) is 4. The third-order valence-corrected chi connectivity index (χ3v) is 9.34. The van der Waals surface area contributed by atoms with Gasteiger partial charge in [-0.1, -0.05) is 41.4 Å². The van der Waals surface area contributed by atoms with Gasteiger partial charge in [0.2, 0.25) is 5.91 Å². The van der Waals surface area contributed by atoms with Crippen molar-refractivity contribution in [2.45, 2.75) is 62.0 Å². The quantitative estimate of drug-likeness (QED) is 0.564. The Morgan fingerprint density at radius 1 is 1.11 bits per heavy atom. The molecule has 3 atom stereocenters. The molecule has 2 aromatic rings. The van der Waals surface area contributed by atoms with E-state index < -0.39 is 11.0 Å². The molecule has 3 fully saturated rings. The lowest BCUT2D eigenvalue weighted by molar-refractivity contribution is -0.147. The number of β-amino-alcohol motifs (C(OH)–C–C–N with tert-alkyl or cyclic N) is 1. The van der Waals surface area contributed by atoms with Gasteiger partial charge in [-0.15, -0.1) is 0 Å². The highest BCUT2D eigenvalue weighted by Crippen LogP contribution is 2.53. The summed E-state index contributed by atoms with van der Waals surface area (Å²) in [6.07, 6.45) is 5.69. The van der Waals surface area contributed by atoms with E-state index in [0.29, 0.717) is 29.4 Å². The molecule has 35 heavy (non-hydrogen) atoms. The monoisotopic (exact) mass is 516 g/mol. The van der Waals surface area contributed by atoms with Crippen molar-refractivity contribution in [1.29, 1.82) is 0 Å². The van der Waals surface area contributed by atoms with Crippen LogP contribution >= 0.6 is 23.2 Å². The van der Waals surface area contributed by atoms with Crippen LogP contribution in [0.4, 0.5) is 0 Å². The van der Waals surface area contributed by atoms with Gasteiger partial charge in [-0.3, -0.25) is 4.79 Å². The molecule has 5 nitrogen and oxygen atoms in total. The lowest BCUT2D eigenvalue weighted by Crippen LogP contribution is -2.67. The molecule has 2 N–H and O–H groups in total. The summed E-state index contributed by atoms with van der Waals surface area (Å²) < 4.78 is 0. The first-order chi connectivity index (χ1) is 16.7. The third-order valence-electron chi connectivity index (χ3n) is 8.60. The number of rotatable bonds is 6. The van der Waals surface area contributed by atoms with Crippen LogP contribution in [0.2, 0.25) is 10.0 Å². The highest BCUT2D eigenvalue weighted by atomic mass is 35.5. The molecule has 0 unspecified atom stereocenters. The number of nitrogens with zero attached hydrogens (tertiary/aromatic N) is 2. The molecule has 2 saturated carbocycles. The van der Waals surface area contributed by atoms with Gasteiger partial charge in [-0.05, 0) is 86.4 Å². The fourth-order valence-corrected chi connectivity index (χ4v) is 6.66. The minimum atomic E-state index is -0.891.